The number of hydrogen-bond donors (Lipinski definition) is 1. The molecule has 0 aliphatic carbocycles. The minimum atomic E-state index is -0.940. The van der Waals surface area contributed by atoms with E-state index in [2.05, 4.69) is 21.2 Å². The summed E-state index contributed by atoms with van der Waals surface area (Å²) in [5, 5.41) is 2.37. The standard InChI is InChI=1S/C14H15BrF2N2O2/c15-9-7-10(16)13(11(17)8-9)14(21)18-4-3-12(20)19-5-1-2-6-19/h7-8H,1-6H2,(H,18,21). The lowest BCUT2D eigenvalue weighted by Gasteiger charge is -2.15. The van der Waals surface area contributed by atoms with Gasteiger partial charge >= 0.3 is 0 Å². The van der Waals surface area contributed by atoms with E-state index >= 15 is 0 Å². The molecule has 4 nitrogen and oxygen atoms in total. The van der Waals surface area contributed by atoms with E-state index in [1.165, 1.54) is 0 Å². The monoisotopic (exact) mass is 360 g/mol. The second-order valence-corrected chi connectivity index (χ2v) is 5.75. The maximum absolute atomic E-state index is 13.6. The third kappa shape index (κ3) is 4.00. The third-order valence-electron chi connectivity index (χ3n) is 3.32. The Bertz CT molecular complexity index is 537. The molecule has 0 atom stereocenters. The van der Waals surface area contributed by atoms with Gasteiger partial charge in [0.25, 0.3) is 5.91 Å². The van der Waals surface area contributed by atoms with Crippen LogP contribution in [0, 0.1) is 11.6 Å². The zero-order valence-electron chi connectivity index (χ0n) is 11.3. The van der Waals surface area contributed by atoms with Crippen molar-refractivity contribution in [3.8, 4) is 0 Å². The van der Waals surface area contributed by atoms with E-state index in [0.717, 1.165) is 38.1 Å². The van der Waals surface area contributed by atoms with Gasteiger partial charge in [0.05, 0.1) is 0 Å². The van der Waals surface area contributed by atoms with Crippen LogP contribution in [0.4, 0.5) is 8.78 Å². The lowest BCUT2D eigenvalue weighted by molar-refractivity contribution is -0.129. The second-order valence-electron chi connectivity index (χ2n) is 4.84. The molecule has 7 heteroatoms. The SMILES string of the molecule is O=C(NCCC(=O)N1CCCC1)c1c(F)cc(Br)cc1F. The van der Waals surface area contributed by atoms with E-state index < -0.39 is 23.1 Å². The van der Waals surface area contributed by atoms with Gasteiger partial charge in [-0.1, -0.05) is 15.9 Å². The molecule has 1 aliphatic heterocycles. The lowest BCUT2D eigenvalue weighted by Crippen LogP contribution is -2.33. The first kappa shape index (κ1) is 15.9. The van der Waals surface area contributed by atoms with Crippen LogP contribution in [0.15, 0.2) is 16.6 Å². The van der Waals surface area contributed by atoms with Crippen LogP contribution >= 0.6 is 15.9 Å². The van der Waals surface area contributed by atoms with Crippen LogP contribution in [-0.2, 0) is 4.79 Å². The number of nitrogens with one attached hydrogen (secondary N) is 1. The van der Waals surface area contributed by atoms with Gasteiger partial charge in [-0.25, -0.2) is 8.78 Å². The van der Waals surface area contributed by atoms with Crippen LogP contribution in [0.1, 0.15) is 29.6 Å². The topological polar surface area (TPSA) is 49.4 Å². The molecule has 2 rings (SSSR count). The summed E-state index contributed by atoms with van der Waals surface area (Å²) in [6.45, 7) is 1.54. The zero-order chi connectivity index (χ0) is 15.4. The molecule has 21 heavy (non-hydrogen) atoms. The van der Waals surface area contributed by atoms with Gasteiger partial charge in [-0.3, -0.25) is 9.59 Å². The fourth-order valence-corrected chi connectivity index (χ4v) is 2.66. The highest BCUT2D eigenvalue weighted by molar-refractivity contribution is 9.10. The number of carbonyl (C=O) groups excluding carboxylic acids is 2. The van der Waals surface area contributed by atoms with Gasteiger partial charge in [0.1, 0.15) is 17.2 Å². The first-order valence-electron chi connectivity index (χ1n) is 6.69. The molecule has 0 saturated carbocycles. The molecule has 2 amide bonds. The summed E-state index contributed by atoms with van der Waals surface area (Å²) in [5.74, 6) is -2.79. The summed E-state index contributed by atoms with van der Waals surface area (Å²) in [7, 11) is 0. The lowest BCUT2D eigenvalue weighted by atomic mass is 10.2. The molecule has 1 aromatic carbocycles. The number of hydrogen-bond acceptors (Lipinski definition) is 2. The third-order valence-corrected chi connectivity index (χ3v) is 3.77. The number of rotatable bonds is 4. The Morgan fingerprint density at radius 2 is 1.76 bits per heavy atom. The van der Waals surface area contributed by atoms with E-state index in [1.807, 2.05) is 0 Å². The molecule has 0 spiro atoms. The Morgan fingerprint density at radius 3 is 2.33 bits per heavy atom. The predicted octanol–water partition coefficient (Wildman–Crippen LogP) is 2.47. The molecular weight excluding hydrogens is 346 g/mol. The number of carbonyl (C=O) groups is 2. The average molecular weight is 361 g/mol. The highest BCUT2D eigenvalue weighted by Crippen LogP contribution is 2.19. The molecule has 1 saturated heterocycles. The van der Waals surface area contributed by atoms with E-state index in [9.17, 15) is 18.4 Å². The van der Waals surface area contributed by atoms with Crippen molar-refractivity contribution >= 4 is 27.7 Å². The minimum absolute atomic E-state index is 0.0513. The van der Waals surface area contributed by atoms with Crippen molar-refractivity contribution in [1.29, 1.82) is 0 Å². The predicted molar refractivity (Wildman–Crippen MR) is 76.8 cm³/mol. The Labute approximate surface area is 129 Å². The van der Waals surface area contributed by atoms with Gasteiger partial charge in [-0.05, 0) is 25.0 Å². The molecule has 1 heterocycles. The Balaban J connectivity index is 1.89. The minimum Gasteiger partial charge on any atom is -0.351 e. The Hall–Kier alpha value is -1.50. The number of halogens is 3. The van der Waals surface area contributed by atoms with E-state index in [-0.39, 0.29) is 23.3 Å². The van der Waals surface area contributed by atoms with Gasteiger partial charge < -0.3 is 10.2 Å². The highest BCUT2D eigenvalue weighted by Gasteiger charge is 2.20. The van der Waals surface area contributed by atoms with Crippen LogP contribution in [0.25, 0.3) is 0 Å². The van der Waals surface area contributed by atoms with Crippen molar-refractivity contribution in [2.75, 3.05) is 19.6 Å². The maximum atomic E-state index is 13.6. The molecule has 1 N–H and O–H groups in total. The summed E-state index contributed by atoms with van der Waals surface area (Å²) < 4.78 is 27.4. The molecule has 0 bridgehead atoms. The van der Waals surface area contributed by atoms with Crippen LogP contribution in [-0.4, -0.2) is 36.3 Å². The molecule has 0 unspecified atom stereocenters. The first-order valence-corrected chi connectivity index (χ1v) is 7.49. The van der Waals surface area contributed by atoms with Crippen molar-refractivity contribution in [3.63, 3.8) is 0 Å². The Morgan fingerprint density at radius 1 is 1.19 bits per heavy atom. The Kier molecular flexibility index (Phi) is 5.27. The fourth-order valence-electron chi connectivity index (χ4n) is 2.26. The molecule has 0 aromatic heterocycles. The van der Waals surface area contributed by atoms with Crippen LogP contribution in [0.5, 0.6) is 0 Å². The van der Waals surface area contributed by atoms with Gasteiger partial charge in [0.2, 0.25) is 5.91 Å². The number of amides is 2. The van der Waals surface area contributed by atoms with Gasteiger partial charge in [-0.15, -0.1) is 0 Å². The fraction of sp³-hybridized carbons (Fsp3) is 0.429. The highest BCUT2D eigenvalue weighted by atomic mass is 79.9. The average Bonchev–Trinajstić information content (AvgIpc) is 2.91. The van der Waals surface area contributed by atoms with Gasteiger partial charge in [0, 0.05) is 30.5 Å². The number of likely N-dealkylation sites (tertiary alicyclic amines) is 1. The molecule has 1 aliphatic rings. The van der Waals surface area contributed by atoms with Crippen LogP contribution in [0.2, 0.25) is 0 Å². The zero-order valence-corrected chi connectivity index (χ0v) is 12.9. The normalized spacial score (nSPS) is 14.3. The summed E-state index contributed by atoms with van der Waals surface area (Å²) in [5.41, 5.74) is -0.633. The van der Waals surface area contributed by atoms with E-state index in [4.69, 9.17) is 0 Å². The van der Waals surface area contributed by atoms with Crippen LogP contribution in [0.3, 0.4) is 0 Å². The van der Waals surface area contributed by atoms with Gasteiger partial charge in [-0.2, -0.15) is 0 Å². The van der Waals surface area contributed by atoms with Crippen LogP contribution < -0.4 is 5.32 Å². The molecule has 1 aromatic rings. The molecular formula is C14H15BrF2N2O2. The summed E-state index contributed by atoms with van der Waals surface area (Å²) >= 11 is 2.94. The molecule has 114 valence electrons. The van der Waals surface area contributed by atoms with Gasteiger partial charge in [0.15, 0.2) is 0 Å². The summed E-state index contributed by atoms with van der Waals surface area (Å²) in [6, 6.07) is 2.04. The number of nitrogens with zero attached hydrogens (tertiary/aromatic N) is 1. The summed E-state index contributed by atoms with van der Waals surface area (Å²) in [6.07, 6.45) is 2.12. The van der Waals surface area contributed by atoms with E-state index in [1.54, 1.807) is 4.90 Å². The largest absolute Gasteiger partial charge is 0.351 e. The molecule has 0 radical (unpaired) electrons. The smallest absolute Gasteiger partial charge is 0.257 e. The van der Waals surface area contributed by atoms with Crippen molar-refractivity contribution in [3.05, 3.63) is 33.8 Å². The number of benzene rings is 1. The first-order chi connectivity index (χ1) is 9.99. The van der Waals surface area contributed by atoms with Crippen molar-refractivity contribution in [1.82, 2.24) is 10.2 Å². The van der Waals surface area contributed by atoms with Crippen molar-refractivity contribution in [2.24, 2.45) is 0 Å². The maximum Gasteiger partial charge on any atom is 0.257 e. The summed E-state index contributed by atoms with van der Waals surface area (Å²) in [4.78, 5) is 25.3. The van der Waals surface area contributed by atoms with Crippen molar-refractivity contribution < 1.29 is 18.4 Å². The molecule has 1 fully saturated rings. The quantitative estimate of drug-likeness (QED) is 0.896. The van der Waals surface area contributed by atoms with Crippen molar-refractivity contribution in [2.45, 2.75) is 19.3 Å². The second kappa shape index (κ2) is 6.98. The van der Waals surface area contributed by atoms with E-state index in [0.29, 0.717) is 0 Å².